The van der Waals surface area contributed by atoms with Crippen molar-refractivity contribution >= 4 is 45.0 Å². The number of benzene rings is 2. The summed E-state index contributed by atoms with van der Waals surface area (Å²) in [5.41, 5.74) is 0.806. The van der Waals surface area contributed by atoms with Crippen LogP contribution in [0.15, 0.2) is 41.4 Å². The van der Waals surface area contributed by atoms with Gasteiger partial charge >= 0.3 is 0 Å². The second-order valence-corrected chi connectivity index (χ2v) is 7.27. The molecule has 3 aromatic rings. The minimum atomic E-state index is -0.730. The molecule has 0 spiro atoms. The van der Waals surface area contributed by atoms with Crippen LogP contribution in [0.1, 0.15) is 23.2 Å². The van der Waals surface area contributed by atoms with Crippen molar-refractivity contribution in [3.63, 3.8) is 0 Å². The van der Waals surface area contributed by atoms with Crippen LogP contribution in [0.5, 0.6) is 0 Å². The molecule has 28 heavy (non-hydrogen) atoms. The van der Waals surface area contributed by atoms with E-state index in [1.54, 1.807) is 7.05 Å². The van der Waals surface area contributed by atoms with Crippen LogP contribution in [-0.2, 0) is 16.6 Å². The highest BCUT2D eigenvalue weighted by Gasteiger charge is 2.30. The number of aromatic nitrogens is 1. The molecular formula is C19H13F2N3O3S. The molecule has 1 aliphatic rings. The van der Waals surface area contributed by atoms with Gasteiger partial charge in [0.1, 0.15) is 5.82 Å². The van der Waals surface area contributed by atoms with E-state index >= 15 is 0 Å². The molecule has 0 aliphatic carbocycles. The van der Waals surface area contributed by atoms with Gasteiger partial charge in [-0.1, -0.05) is 11.3 Å². The van der Waals surface area contributed by atoms with Gasteiger partial charge in [0.05, 0.1) is 15.9 Å². The molecule has 4 rings (SSSR count). The van der Waals surface area contributed by atoms with Gasteiger partial charge in [-0.3, -0.25) is 19.3 Å². The summed E-state index contributed by atoms with van der Waals surface area (Å²) in [4.78, 5) is 41.3. The van der Waals surface area contributed by atoms with Crippen LogP contribution in [0, 0.1) is 11.6 Å². The summed E-state index contributed by atoms with van der Waals surface area (Å²) in [5.74, 6) is -2.56. The predicted octanol–water partition coefficient (Wildman–Crippen LogP) is 2.91. The third-order valence-electron chi connectivity index (χ3n) is 4.44. The maximum Gasteiger partial charge on any atom is 0.279 e. The van der Waals surface area contributed by atoms with E-state index in [2.05, 4.69) is 4.99 Å². The molecule has 0 bridgehead atoms. The van der Waals surface area contributed by atoms with Crippen LogP contribution >= 0.6 is 11.3 Å². The van der Waals surface area contributed by atoms with E-state index in [1.807, 2.05) is 0 Å². The molecule has 142 valence electrons. The van der Waals surface area contributed by atoms with Gasteiger partial charge in [-0.05, 0) is 30.3 Å². The summed E-state index contributed by atoms with van der Waals surface area (Å²) in [7, 11) is 1.54. The van der Waals surface area contributed by atoms with Crippen LogP contribution in [0.2, 0.25) is 0 Å². The van der Waals surface area contributed by atoms with Gasteiger partial charge in [-0.15, -0.1) is 0 Å². The molecule has 0 saturated carbocycles. The monoisotopic (exact) mass is 401 g/mol. The van der Waals surface area contributed by atoms with Gasteiger partial charge in [0.15, 0.2) is 10.6 Å². The second kappa shape index (κ2) is 6.75. The maximum absolute atomic E-state index is 14.0. The molecule has 2 heterocycles. The van der Waals surface area contributed by atoms with E-state index in [0.29, 0.717) is 10.4 Å². The number of anilines is 1. The molecule has 0 atom stereocenters. The van der Waals surface area contributed by atoms with E-state index < -0.39 is 17.5 Å². The summed E-state index contributed by atoms with van der Waals surface area (Å²) in [6, 6.07) is 7.90. The van der Waals surface area contributed by atoms with Crippen LogP contribution < -0.4 is 9.70 Å². The molecule has 6 nitrogen and oxygen atoms in total. The fourth-order valence-corrected chi connectivity index (χ4v) is 4.13. The highest BCUT2D eigenvalue weighted by Crippen LogP contribution is 2.24. The molecule has 9 heteroatoms. The molecular weight excluding hydrogens is 388 g/mol. The zero-order valence-corrected chi connectivity index (χ0v) is 15.4. The Morgan fingerprint density at radius 1 is 1.07 bits per heavy atom. The third-order valence-corrected chi connectivity index (χ3v) is 5.52. The average molecular weight is 401 g/mol. The lowest BCUT2D eigenvalue weighted by Gasteiger charge is -2.13. The zero-order valence-electron chi connectivity index (χ0n) is 14.6. The molecule has 3 amide bonds. The van der Waals surface area contributed by atoms with Crippen molar-refractivity contribution in [3.8, 4) is 0 Å². The Hall–Kier alpha value is -3.20. The SMILES string of the molecule is Cn1c(=NC(=O)c2ccc(N3C(=O)CCC3=O)cc2)sc2cc(F)cc(F)c21. The van der Waals surface area contributed by atoms with E-state index in [0.717, 1.165) is 22.3 Å². The highest BCUT2D eigenvalue weighted by molar-refractivity contribution is 7.16. The standard InChI is InChI=1S/C19H13F2N3O3S/c1-23-17-13(21)8-11(20)9-14(17)28-19(23)22-18(27)10-2-4-12(5-3-10)24-15(25)6-7-16(24)26/h2-5,8-9H,6-7H2,1H3. The Morgan fingerprint density at radius 2 is 1.71 bits per heavy atom. The Kier molecular flexibility index (Phi) is 4.38. The zero-order chi connectivity index (χ0) is 20.0. The highest BCUT2D eigenvalue weighted by atomic mass is 32.1. The van der Waals surface area contributed by atoms with Crippen LogP contribution in [0.4, 0.5) is 14.5 Å². The largest absolute Gasteiger partial charge is 0.317 e. The van der Waals surface area contributed by atoms with E-state index in [9.17, 15) is 23.2 Å². The minimum Gasteiger partial charge on any atom is -0.317 e. The first-order valence-corrected chi connectivity index (χ1v) is 9.16. The number of carbonyl (C=O) groups is 3. The number of rotatable bonds is 2. The quantitative estimate of drug-likeness (QED) is 0.620. The minimum absolute atomic E-state index is 0.166. The van der Waals surface area contributed by atoms with Crippen molar-refractivity contribution in [3.05, 3.63) is 58.4 Å². The van der Waals surface area contributed by atoms with Crippen LogP contribution in [0.3, 0.4) is 0 Å². The Labute approximate surface area is 161 Å². The van der Waals surface area contributed by atoms with Crippen LogP contribution in [0.25, 0.3) is 10.2 Å². The number of carbonyl (C=O) groups excluding carboxylic acids is 3. The molecule has 0 N–H and O–H groups in total. The van der Waals surface area contributed by atoms with Crippen molar-refractivity contribution < 1.29 is 23.2 Å². The summed E-state index contributed by atoms with van der Waals surface area (Å²) in [6.45, 7) is 0. The number of fused-ring (bicyclic) bond motifs is 1. The van der Waals surface area contributed by atoms with E-state index in [1.165, 1.54) is 34.9 Å². The Morgan fingerprint density at radius 3 is 2.36 bits per heavy atom. The van der Waals surface area contributed by atoms with Crippen molar-refractivity contribution in [1.82, 2.24) is 4.57 Å². The van der Waals surface area contributed by atoms with Gasteiger partial charge < -0.3 is 4.57 Å². The van der Waals surface area contributed by atoms with Gasteiger partial charge in [-0.2, -0.15) is 4.99 Å². The Bertz CT molecular complexity index is 1200. The summed E-state index contributed by atoms with van der Waals surface area (Å²) >= 11 is 0.997. The normalized spacial score (nSPS) is 15.1. The molecule has 0 radical (unpaired) electrons. The lowest BCUT2D eigenvalue weighted by molar-refractivity contribution is -0.121. The molecule has 1 fully saturated rings. The molecule has 1 aliphatic heterocycles. The van der Waals surface area contributed by atoms with Crippen LogP contribution in [-0.4, -0.2) is 22.3 Å². The number of thiazole rings is 1. The first-order chi connectivity index (χ1) is 13.3. The van der Waals surface area contributed by atoms with Gasteiger partial charge in [0.25, 0.3) is 5.91 Å². The first kappa shape index (κ1) is 18.2. The van der Waals surface area contributed by atoms with Gasteiger partial charge in [0.2, 0.25) is 11.8 Å². The number of hydrogen-bond acceptors (Lipinski definition) is 4. The van der Waals surface area contributed by atoms with Gasteiger partial charge in [-0.25, -0.2) is 8.78 Å². The third kappa shape index (κ3) is 3.03. The smallest absolute Gasteiger partial charge is 0.279 e. The summed E-state index contributed by atoms with van der Waals surface area (Å²) < 4.78 is 29.1. The fourth-order valence-electron chi connectivity index (χ4n) is 3.07. The average Bonchev–Trinajstić information content (AvgIpc) is 3.14. The molecule has 1 saturated heterocycles. The van der Waals surface area contributed by atoms with E-state index in [4.69, 9.17) is 0 Å². The van der Waals surface area contributed by atoms with E-state index in [-0.39, 0.29) is 40.5 Å². The predicted molar refractivity (Wildman–Crippen MR) is 98.8 cm³/mol. The fraction of sp³-hybridized carbons (Fsp3) is 0.158. The molecule has 0 unspecified atom stereocenters. The molecule has 1 aromatic heterocycles. The first-order valence-electron chi connectivity index (χ1n) is 8.34. The molecule has 2 aromatic carbocycles. The number of imide groups is 1. The summed E-state index contributed by atoms with van der Waals surface area (Å²) in [6.07, 6.45) is 0.350. The number of halogens is 2. The topological polar surface area (TPSA) is 71.7 Å². The number of hydrogen-bond donors (Lipinski definition) is 0. The number of amides is 3. The second-order valence-electron chi connectivity index (χ2n) is 6.26. The maximum atomic E-state index is 14.0. The Balaban J connectivity index is 1.68. The summed E-state index contributed by atoms with van der Waals surface area (Å²) in [5, 5.41) is 0. The van der Waals surface area contributed by atoms with Crippen molar-refractivity contribution in [2.45, 2.75) is 12.8 Å². The van der Waals surface area contributed by atoms with Crippen molar-refractivity contribution in [1.29, 1.82) is 0 Å². The lowest BCUT2D eigenvalue weighted by Crippen LogP contribution is -2.28. The van der Waals surface area contributed by atoms with Crippen molar-refractivity contribution in [2.24, 2.45) is 12.0 Å². The number of nitrogens with zero attached hydrogens (tertiary/aromatic N) is 3. The number of aryl methyl sites for hydroxylation is 1. The van der Waals surface area contributed by atoms with Gasteiger partial charge in [0, 0.05) is 31.5 Å². The van der Waals surface area contributed by atoms with Crippen molar-refractivity contribution in [2.75, 3.05) is 4.90 Å². The lowest BCUT2D eigenvalue weighted by atomic mass is 10.2.